The highest BCUT2D eigenvalue weighted by Crippen LogP contribution is 2.18. The van der Waals surface area contributed by atoms with Crippen molar-refractivity contribution in [2.45, 2.75) is 19.8 Å². The van der Waals surface area contributed by atoms with Crippen LogP contribution >= 0.6 is 0 Å². The zero-order chi connectivity index (χ0) is 16.2. The largest absolute Gasteiger partial charge is 0.464 e. The molecular formula is C15H20N2O4S. The molecule has 0 spiro atoms. The highest BCUT2D eigenvalue weighted by atomic mass is 32.2. The number of H-pyrrole nitrogens is 1. The molecule has 0 atom stereocenters. The Labute approximate surface area is 129 Å². The molecule has 0 fully saturated rings. The van der Waals surface area contributed by atoms with E-state index in [0.29, 0.717) is 25.1 Å². The van der Waals surface area contributed by atoms with Crippen molar-refractivity contribution in [3.63, 3.8) is 0 Å². The lowest BCUT2D eigenvalue weighted by Crippen LogP contribution is -2.28. The normalized spacial score (nSPS) is 11.7. The van der Waals surface area contributed by atoms with Gasteiger partial charge in [0.05, 0.1) is 12.9 Å². The molecule has 0 aliphatic heterocycles. The molecule has 2 N–H and O–H groups in total. The topological polar surface area (TPSA) is 88.3 Å². The number of hydrogen-bond acceptors (Lipinski definition) is 4. The summed E-state index contributed by atoms with van der Waals surface area (Å²) in [4.78, 5) is 14.5. The first-order valence-corrected chi connectivity index (χ1v) is 8.77. The number of ether oxygens (including phenoxy) is 1. The Bertz CT molecular complexity index is 765. The number of nitrogens with one attached hydrogen (secondary N) is 2. The van der Waals surface area contributed by atoms with E-state index in [-0.39, 0.29) is 5.75 Å². The summed E-state index contributed by atoms with van der Waals surface area (Å²) >= 11 is 0. The summed E-state index contributed by atoms with van der Waals surface area (Å²) < 4.78 is 30.4. The number of fused-ring (bicyclic) bond motifs is 1. The Morgan fingerprint density at radius 1 is 1.32 bits per heavy atom. The number of benzene rings is 1. The SMILES string of the molecule is CCCS(=O)(=O)NCCc1ccc2cc(C(=O)OC)[nH]c2c1. The minimum atomic E-state index is -3.17. The first-order chi connectivity index (χ1) is 10.4. The summed E-state index contributed by atoms with van der Waals surface area (Å²) in [7, 11) is -1.84. The zero-order valence-corrected chi connectivity index (χ0v) is 13.5. The van der Waals surface area contributed by atoms with Gasteiger partial charge in [0.15, 0.2) is 0 Å². The van der Waals surface area contributed by atoms with Crippen LogP contribution in [0.3, 0.4) is 0 Å². The van der Waals surface area contributed by atoms with Gasteiger partial charge in [0, 0.05) is 17.4 Å². The van der Waals surface area contributed by atoms with Gasteiger partial charge in [0.2, 0.25) is 10.0 Å². The second-order valence-corrected chi connectivity index (χ2v) is 6.99. The lowest BCUT2D eigenvalue weighted by atomic mass is 10.1. The van der Waals surface area contributed by atoms with Crippen molar-refractivity contribution in [2.24, 2.45) is 0 Å². The third-order valence-corrected chi connectivity index (χ3v) is 4.89. The van der Waals surface area contributed by atoms with E-state index in [1.807, 2.05) is 25.1 Å². The molecule has 1 aromatic carbocycles. The van der Waals surface area contributed by atoms with Gasteiger partial charge in [0.25, 0.3) is 0 Å². The molecule has 22 heavy (non-hydrogen) atoms. The van der Waals surface area contributed by atoms with Gasteiger partial charge in [0.1, 0.15) is 5.69 Å². The van der Waals surface area contributed by atoms with Crippen LogP contribution in [-0.2, 0) is 21.2 Å². The van der Waals surface area contributed by atoms with Crippen molar-refractivity contribution in [3.05, 3.63) is 35.5 Å². The fourth-order valence-corrected chi connectivity index (χ4v) is 3.34. The highest BCUT2D eigenvalue weighted by Gasteiger charge is 2.10. The molecule has 1 aromatic heterocycles. The molecule has 120 valence electrons. The molecule has 2 aromatic rings. The van der Waals surface area contributed by atoms with Crippen molar-refractivity contribution in [1.29, 1.82) is 0 Å². The number of methoxy groups -OCH3 is 1. The molecular weight excluding hydrogens is 304 g/mol. The third kappa shape index (κ3) is 4.08. The monoisotopic (exact) mass is 324 g/mol. The van der Waals surface area contributed by atoms with E-state index in [4.69, 9.17) is 0 Å². The number of sulfonamides is 1. The average Bonchev–Trinajstić information content (AvgIpc) is 2.89. The first kappa shape index (κ1) is 16.5. The van der Waals surface area contributed by atoms with E-state index in [1.54, 1.807) is 6.07 Å². The Kier molecular flexibility index (Phi) is 5.20. The van der Waals surface area contributed by atoms with Crippen LogP contribution in [0.4, 0.5) is 0 Å². The first-order valence-electron chi connectivity index (χ1n) is 7.12. The van der Waals surface area contributed by atoms with Crippen LogP contribution < -0.4 is 4.72 Å². The quantitative estimate of drug-likeness (QED) is 0.761. The van der Waals surface area contributed by atoms with Gasteiger partial charge in [-0.1, -0.05) is 19.1 Å². The molecule has 0 amide bonds. The molecule has 6 nitrogen and oxygen atoms in total. The summed E-state index contributed by atoms with van der Waals surface area (Å²) in [6, 6.07) is 7.46. The Hall–Kier alpha value is -1.86. The van der Waals surface area contributed by atoms with Gasteiger partial charge in [-0.05, 0) is 30.5 Å². The van der Waals surface area contributed by atoms with Crippen LogP contribution in [0.15, 0.2) is 24.3 Å². The molecule has 0 saturated heterocycles. The van der Waals surface area contributed by atoms with Crippen LogP contribution in [0.25, 0.3) is 10.9 Å². The molecule has 0 unspecified atom stereocenters. The fraction of sp³-hybridized carbons (Fsp3) is 0.400. The Balaban J connectivity index is 2.05. The summed E-state index contributed by atoms with van der Waals surface area (Å²) in [5, 5.41) is 0.913. The second kappa shape index (κ2) is 6.93. The maximum Gasteiger partial charge on any atom is 0.354 e. The van der Waals surface area contributed by atoms with E-state index in [1.165, 1.54) is 7.11 Å². The summed E-state index contributed by atoms with van der Waals surface area (Å²) in [6.45, 7) is 2.19. The number of aromatic nitrogens is 1. The van der Waals surface area contributed by atoms with E-state index in [2.05, 4.69) is 14.4 Å². The lowest BCUT2D eigenvalue weighted by Gasteiger charge is -2.05. The Morgan fingerprint density at radius 2 is 2.09 bits per heavy atom. The predicted molar refractivity (Wildman–Crippen MR) is 85.4 cm³/mol. The van der Waals surface area contributed by atoms with Crippen LogP contribution in [0, 0.1) is 0 Å². The predicted octanol–water partition coefficient (Wildman–Crippen LogP) is 1.83. The molecule has 1 heterocycles. The standard InChI is InChI=1S/C15H20N2O4S/c1-3-8-22(19,20)16-7-6-11-4-5-12-10-14(15(18)21-2)17-13(12)9-11/h4-5,9-10,16-17H,3,6-8H2,1-2H3. The maximum absolute atomic E-state index is 11.6. The van der Waals surface area contributed by atoms with Gasteiger partial charge in [-0.15, -0.1) is 0 Å². The van der Waals surface area contributed by atoms with E-state index in [9.17, 15) is 13.2 Å². The summed E-state index contributed by atoms with van der Waals surface area (Å²) in [5.41, 5.74) is 2.22. The van der Waals surface area contributed by atoms with Gasteiger partial charge in [-0.25, -0.2) is 17.9 Å². The molecule has 0 bridgehead atoms. The molecule has 2 rings (SSSR count). The minimum absolute atomic E-state index is 0.144. The number of esters is 1. The number of carbonyl (C=O) groups excluding carboxylic acids is 1. The van der Waals surface area contributed by atoms with Crippen molar-refractivity contribution < 1.29 is 17.9 Å². The molecule has 7 heteroatoms. The summed E-state index contributed by atoms with van der Waals surface area (Å²) in [6.07, 6.45) is 1.19. The number of carbonyl (C=O) groups is 1. The zero-order valence-electron chi connectivity index (χ0n) is 12.7. The van der Waals surface area contributed by atoms with Crippen molar-refractivity contribution in [1.82, 2.24) is 9.71 Å². The van der Waals surface area contributed by atoms with Crippen LogP contribution in [-0.4, -0.2) is 38.8 Å². The smallest absolute Gasteiger partial charge is 0.354 e. The lowest BCUT2D eigenvalue weighted by molar-refractivity contribution is 0.0595. The van der Waals surface area contributed by atoms with E-state index < -0.39 is 16.0 Å². The van der Waals surface area contributed by atoms with E-state index in [0.717, 1.165) is 16.5 Å². The summed E-state index contributed by atoms with van der Waals surface area (Å²) in [5.74, 6) is -0.268. The molecule has 0 aliphatic rings. The minimum Gasteiger partial charge on any atom is -0.464 e. The van der Waals surface area contributed by atoms with Gasteiger partial charge in [-0.2, -0.15) is 0 Å². The van der Waals surface area contributed by atoms with Crippen LogP contribution in [0.2, 0.25) is 0 Å². The van der Waals surface area contributed by atoms with Crippen LogP contribution in [0.5, 0.6) is 0 Å². The number of hydrogen-bond donors (Lipinski definition) is 2. The van der Waals surface area contributed by atoms with Gasteiger partial charge in [-0.3, -0.25) is 0 Å². The number of rotatable bonds is 7. The van der Waals surface area contributed by atoms with Crippen molar-refractivity contribution in [2.75, 3.05) is 19.4 Å². The Morgan fingerprint density at radius 3 is 2.77 bits per heavy atom. The van der Waals surface area contributed by atoms with Crippen LogP contribution in [0.1, 0.15) is 29.4 Å². The highest BCUT2D eigenvalue weighted by molar-refractivity contribution is 7.89. The average molecular weight is 324 g/mol. The number of aromatic amines is 1. The molecule has 0 aliphatic carbocycles. The van der Waals surface area contributed by atoms with Crippen molar-refractivity contribution in [3.8, 4) is 0 Å². The van der Waals surface area contributed by atoms with Gasteiger partial charge >= 0.3 is 5.97 Å². The maximum atomic E-state index is 11.6. The second-order valence-electron chi connectivity index (χ2n) is 5.06. The molecule has 0 saturated carbocycles. The van der Waals surface area contributed by atoms with Crippen molar-refractivity contribution >= 4 is 26.9 Å². The fourth-order valence-electron chi connectivity index (χ4n) is 2.24. The van der Waals surface area contributed by atoms with Gasteiger partial charge < -0.3 is 9.72 Å². The third-order valence-electron chi connectivity index (χ3n) is 3.30. The molecule has 0 radical (unpaired) electrons. The van der Waals surface area contributed by atoms with E-state index >= 15 is 0 Å².